The SMILES string of the molecule is COc1cccc([C@@H]2CN(C(=O)OC(C)(C)C)CC[C@H]2N)c1. The number of rotatable bonds is 2. The zero-order valence-corrected chi connectivity index (χ0v) is 13.8. The van der Waals surface area contributed by atoms with E-state index in [0.29, 0.717) is 13.1 Å². The summed E-state index contributed by atoms with van der Waals surface area (Å²) in [6, 6.07) is 7.91. The highest BCUT2D eigenvalue weighted by atomic mass is 16.6. The van der Waals surface area contributed by atoms with Crippen LogP contribution in [0.25, 0.3) is 0 Å². The molecule has 2 rings (SSSR count). The van der Waals surface area contributed by atoms with Gasteiger partial charge >= 0.3 is 6.09 Å². The van der Waals surface area contributed by atoms with Crippen molar-refractivity contribution < 1.29 is 14.3 Å². The molecule has 1 aliphatic rings. The Kier molecular flexibility index (Phi) is 4.96. The van der Waals surface area contributed by atoms with Crippen molar-refractivity contribution in [2.75, 3.05) is 20.2 Å². The van der Waals surface area contributed by atoms with Gasteiger partial charge in [0, 0.05) is 25.0 Å². The Labute approximate surface area is 132 Å². The van der Waals surface area contributed by atoms with Crippen molar-refractivity contribution in [2.45, 2.75) is 44.8 Å². The molecule has 1 aromatic rings. The lowest BCUT2D eigenvalue weighted by Crippen LogP contribution is -2.49. The van der Waals surface area contributed by atoms with Gasteiger partial charge in [-0.1, -0.05) is 12.1 Å². The summed E-state index contributed by atoms with van der Waals surface area (Å²) < 4.78 is 10.7. The molecular formula is C17H26N2O3. The van der Waals surface area contributed by atoms with E-state index in [4.69, 9.17) is 15.2 Å². The fourth-order valence-corrected chi connectivity index (χ4v) is 2.69. The summed E-state index contributed by atoms with van der Waals surface area (Å²) >= 11 is 0. The van der Waals surface area contributed by atoms with Crippen LogP contribution in [0, 0.1) is 0 Å². The van der Waals surface area contributed by atoms with Crippen molar-refractivity contribution in [1.29, 1.82) is 0 Å². The van der Waals surface area contributed by atoms with Crippen molar-refractivity contribution >= 4 is 6.09 Å². The van der Waals surface area contributed by atoms with Crippen molar-refractivity contribution in [3.05, 3.63) is 29.8 Å². The van der Waals surface area contributed by atoms with E-state index in [9.17, 15) is 4.79 Å². The van der Waals surface area contributed by atoms with Crippen LogP contribution in [0.15, 0.2) is 24.3 Å². The highest BCUT2D eigenvalue weighted by Gasteiger charge is 2.32. The van der Waals surface area contributed by atoms with Crippen LogP contribution in [-0.2, 0) is 4.74 Å². The number of benzene rings is 1. The van der Waals surface area contributed by atoms with Gasteiger partial charge in [-0.15, -0.1) is 0 Å². The predicted octanol–water partition coefficient (Wildman–Crippen LogP) is 2.75. The van der Waals surface area contributed by atoms with Gasteiger partial charge in [-0.2, -0.15) is 0 Å². The van der Waals surface area contributed by atoms with E-state index in [0.717, 1.165) is 17.7 Å². The van der Waals surface area contributed by atoms with Crippen LogP contribution in [0.3, 0.4) is 0 Å². The molecule has 0 saturated carbocycles. The lowest BCUT2D eigenvalue weighted by molar-refractivity contribution is 0.0186. The van der Waals surface area contributed by atoms with Gasteiger partial charge in [0.25, 0.3) is 0 Å². The van der Waals surface area contributed by atoms with Gasteiger partial charge in [0.2, 0.25) is 0 Å². The molecule has 1 heterocycles. The zero-order valence-electron chi connectivity index (χ0n) is 13.8. The average molecular weight is 306 g/mol. The summed E-state index contributed by atoms with van der Waals surface area (Å²) in [7, 11) is 1.65. The minimum atomic E-state index is -0.484. The highest BCUT2D eigenvalue weighted by Crippen LogP contribution is 2.29. The lowest BCUT2D eigenvalue weighted by atomic mass is 9.86. The third-order valence-corrected chi connectivity index (χ3v) is 3.84. The maximum atomic E-state index is 12.3. The molecule has 1 aromatic carbocycles. The third-order valence-electron chi connectivity index (χ3n) is 3.84. The largest absolute Gasteiger partial charge is 0.497 e. The standard InChI is InChI=1S/C17H26N2O3/c1-17(2,3)22-16(20)19-9-8-15(18)14(11-19)12-6-5-7-13(10-12)21-4/h5-7,10,14-15H,8-9,11,18H2,1-4H3/t14-,15+/m0/s1. The molecule has 2 atom stereocenters. The van der Waals surface area contributed by atoms with E-state index in [2.05, 4.69) is 0 Å². The van der Waals surface area contributed by atoms with Crippen molar-refractivity contribution in [2.24, 2.45) is 5.73 Å². The van der Waals surface area contributed by atoms with E-state index in [-0.39, 0.29) is 18.1 Å². The number of piperidine rings is 1. The second-order valence-corrected chi connectivity index (χ2v) is 6.76. The number of ether oxygens (including phenoxy) is 2. The molecule has 0 spiro atoms. The summed E-state index contributed by atoms with van der Waals surface area (Å²) in [4.78, 5) is 14.0. The fourth-order valence-electron chi connectivity index (χ4n) is 2.69. The molecule has 1 saturated heterocycles. The van der Waals surface area contributed by atoms with Crippen LogP contribution in [-0.4, -0.2) is 42.8 Å². The molecule has 1 fully saturated rings. The van der Waals surface area contributed by atoms with Crippen LogP contribution < -0.4 is 10.5 Å². The molecule has 22 heavy (non-hydrogen) atoms. The van der Waals surface area contributed by atoms with Gasteiger partial charge in [0.15, 0.2) is 0 Å². The molecule has 0 unspecified atom stereocenters. The summed E-state index contributed by atoms with van der Waals surface area (Å²) in [6.07, 6.45) is 0.494. The van der Waals surface area contributed by atoms with Crippen molar-refractivity contribution in [1.82, 2.24) is 4.90 Å². The summed E-state index contributed by atoms with van der Waals surface area (Å²) in [5, 5.41) is 0. The number of carbonyl (C=O) groups excluding carboxylic acids is 1. The first-order chi connectivity index (χ1) is 10.3. The van der Waals surface area contributed by atoms with Gasteiger partial charge in [-0.05, 0) is 44.9 Å². The molecule has 0 aliphatic carbocycles. The molecule has 5 nitrogen and oxygen atoms in total. The second-order valence-electron chi connectivity index (χ2n) is 6.76. The van der Waals surface area contributed by atoms with Crippen molar-refractivity contribution in [3.63, 3.8) is 0 Å². The van der Waals surface area contributed by atoms with Crippen LogP contribution >= 0.6 is 0 Å². The monoisotopic (exact) mass is 306 g/mol. The summed E-state index contributed by atoms with van der Waals surface area (Å²) in [5.74, 6) is 0.899. The number of hydrogen-bond donors (Lipinski definition) is 1. The molecular weight excluding hydrogens is 280 g/mol. The molecule has 5 heteroatoms. The zero-order chi connectivity index (χ0) is 16.3. The number of methoxy groups -OCH3 is 1. The normalized spacial score (nSPS) is 22.3. The van der Waals surface area contributed by atoms with Gasteiger partial charge in [-0.25, -0.2) is 4.79 Å². The average Bonchev–Trinajstić information content (AvgIpc) is 2.46. The lowest BCUT2D eigenvalue weighted by Gasteiger charge is -2.37. The minimum absolute atomic E-state index is 0.0331. The van der Waals surface area contributed by atoms with Gasteiger partial charge in [0.05, 0.1) is 7.11 Å². The van der Waals surface area contributed by atoms with Crippen LogP contribution in [0.1, 0.15) is 38.7 Å². The minimum Gasteiger partial charge on any atom is -0.497 e. The predicted molar refractivity (Wildman–Crippen MR) is 86.1 cm³/mol. The van der Waals surface area contributed by atoms with E-state index in [1.165, 1.54) is 0 Å². The Morgan fingerprint density at radius 2 is 2.09 bits per heavy atom. The highest BCUT2D eigenvalue weighted by molar-refractivity contribution is 5.68. The van der Waals surface area contributed by atoms with Gasteiger partial charge in [-0.3, -0.25) is 0 Å². The molecule has 0 bridgehead atoms. The fraction of sp³-hybridized carbons (Fsp3) is 0.588. The Morgan fingerprint density at radius 1 is 1.36 bits per heavy atom. The van der Waals surface area contributed by atoms with Gasteiger partial charge in [0.1, 0.15) is 11.4 Å². The van der Waals surface area contributed by atoms with Crippen LogP contribution in [0.5, 0.6) is 5.75 Å². The first-order valence-electron chi connectivity index (χ1n) is 7.67. The maximum absolute atomic E-state index is 12.3. The van der Waals surface area contributed by atoms with Crippen LogP contribution in [0.2, 0.25) is 0 Å². The van der Waals surface area contributed by atoms with Gasteiger partial charge < -0.3 is 20.1 Å². The topological polar surface area (TPSA) is 64.8 Å². The van der Waals surface area contributed by atoms with E-state index in [1.807, 2.05) is 45.0 Å². The Bertz CT molecular complexity index is 525. The first kappa shape index (κ1) is 16.6. The number of nitrogens with zero attached hydrogens (tertiary/aromatic N) is 1. The molecule has 0 aromatic heterocycles. The van der Waals surface area contributed by atoms with E-state index >= 15 is 0 Å². The molecule has 1 aliphatic heterocycles. The molecule has 122 valence electrons. The Morgan fingerprint density at radius 3 is 2.73 bits per heavy atom. The summed E-state index contributed by atoms with van der Waals surface area (Å²) in [5.41, 5.74) is 6.89. The first-order valence-corrected chi connectivity index (χ1v) is 7.67. The number of hydrogen-bond acceptors (Lipinski definition) is 4. The number of carbonyl (C=O) groups is 1. The quantitative estimate of drug-likeness (QED) is 0.912. The number of likely N-dealkylation sites (tertiary alicyclic amines) is 1. The smallest absolute Gasteiger partial charge is 0.410 e. The van der Waals surface area contributed by atoms with E-state index in [1.54, 1.807) is 12.0 Å². The molecule has 2 N–H and O–H groups in total. The van der Waals surface area contributed by atoms with Crippen LogP contribution in [0.4, 0.5) is 4.79 Å². The van der Waals surface area contributed by atoms with E-state index < -0.39 is 5.60 Å². The molecule has 0 radical (unpaired) electrons. The van der Waals surface area contributed by atoms with Crippen molar-refractivity contribution in [3.8, 4) is 5.75 Å². The molecule has 1 amide bonds. The number of nitrogens with two attached hydrogens (primary N) is 1. The number of amides is 1. The second kappa shape index (κ2) is 6.57. The third kappa shape index (κ3) is 4.13. The maximum Gasteiger partial charge on any atom is 0.410 e. The Balaban J connectivity index is 2.12. The Hall–Kier alpha value is -1.75. The summed E-state index contributed by atoms with van der Waals surface area (Å²) in [6.45, 7) is 6.83.